The maximum Gasteiger partial charge on any atom is 0.243 e. The van der Waals surface area contributed by atoms with Gasteiger partial charge in [-0.05, 0) is 42.8 Å². The molecule has 1 aliphatic rings. The molecular weight excluding hydrogens is 343 g/mol. The second-order valence-electron chi connectivity index (χ2n) is 6.18. The second-order valence-corrected chi connectivity index (χ2v) is 8.12. The van der Waals surface area contributed by atoms with Crippen LogP contribution in [0.3, 0.4) is 0 Å². The lowest BCUT2D eigenvalue weighted by Crippen LogP contribution is -2.29. The van der Waals surface area contributed by atoms with Gasteiger partial charge in [0.25, 0.3) is 0 Å². The number of benzene rings is 1. The van der Waals surface area contributed by atoms with Gasteiger partial charge >= 0.3 is 0 Å². The molecule has 1 aliphatic heterocycles. The fraction of sp³-hybridized carbons (Fsp3) is 0.294. The zero-order chi connectivity index (χ0) is 17.6. The first-order valence-corrected chi connectivity index (χ1v) is 9.44. The van der Waals surface area contributed by atoms with Crippen LogP contribution >= 0.6 is 0 Å². The van der Waals surface area contributed by atoms with Crippen LogP contribution in [0.15, 0.2) is 47.5 Å². The van der Waals surface area contributed by atoms with Gasteiger partial charge in [0.2, 0.25) is 10.0 Å². The molecular formula is C17H17FN4O2S. The molecule has 1 atom stereocenters. The highest BCUT2D eigenvalue weighted by Crippen LogP contribution is 2.31. The Morgan fingerprint density at radius 1 is 1.20 bits per heavy atom. The summed E-state index contributed by atoms with van der Waals surface area (Å²) in [4.78, 5) is 9.07. The molecule has 6 nitrogen and oxygen atoms in total. The third-order valence-corrected chi connectivity index (χ3v) is 6.51. The van der Waals surface area contributed by atoms with E-state index in [1.807, 2.05) is 23.7 Å². The van der Waals surface area contributed by atoms with Gasteiger partial charge < -0.3 is 4.57 Å². The summed E-state index contributed by atoms with van der Waals surface area (Å²) in [6.07, 6.45) is 2.41. The van der Waals surface area contributed by atoms with Crippen LogP contribution in [-0.4, -0.2) is 40.3 Å². The lowest BCUT2D eigenvalue weighted by atomic mass is 10.1. The summed E-state index contributed by atoms with van der Waals surface area (Å²) in [6.45, 7) is 0.776. The van der Waals surface area contributed by atoms with E-state index in [0.29, 0.717) is 19.5 Å². The Bertz CT molecular complexity index is 1030. The molecule has 0 aliphatic carbocycles. The topological polar surface area (TPSA) is 68.1 Å². The molecule has 1 fully saturated rings. The zero-order valence-corrected chi connectivity index (χ0v) is 14.4. The number of nitrogens with zero attached hydrogens (tertiary/aromatic N) is 4. The van der Waals surface area contributed by atoms with Crippen LogP contribution in [-0.2, 0) is 17.1 Å². The summed E-state index contributed by atoms with van der Waals surface area (Å²) in [5.41, 5.74) is 1.59. The maximum atomic E-state index is 13.1. The molecule has 2 aromatic heterocycles. The van der Waals surface area contributed by atoms with Crippen molar-refractivity contribution in [2.45, 2.75) is 17.2 Å². The van der Waals surface area contributed by atoms with Crippen LogP contribution in [0, 0.1) is 5.82 Å². The average molecular weight is 360 g/mol. The highest BCUT2D eigenvalue weighted by molar-refractivity contribution is 7.89. The van der Waals surface area contributed by atoms with E-state index in [-0.39, 0.29) is 10.8 Å². The average Bonchev–Trinajstić information content (AvgIpc) is 3.21. The van der Waals surface area contributed by atoms with Crippen molar-refractivity contribution in [1.82, 2.24) is 18.8 Å². The standard InChI is InChI=1S/C17H17FN4O2S/c1-21-16(20-15-3-2-9-19-17(15)21)12-8-10-22(11-12)25(23,24)14-6-4-13(18)5-7-14/h2-7,9,12H,8,10-11H2,1H3/t12-/m0/s1. The number of fused-ring (bicyclic) bond motifs is 1. The fourth-order valence-electron chi connectivity index (χ4n) is 3.32. The van der Waals surface area contributed by atoms with E-state index in [9.17, 15) is 12.8 Å². The lowest BCUT2D eigenvalue weighted by Gasteiger charge is -2.16. The van der Waals surface area contributed by atoms with Gasteiger partial charge in [-0.25, -0.2) is 22.8 Å². The van der Waals surface area contributed by atoms with Gasteiger partial charge in [0.05, 0.1) is 4.90 Å². The summed E-state index contributed by atoms with van der Waals surface area (Å²) in [5, 5.41) is 0. The van der Waals surface area contributed by atoms with Crippen molar-refractivity contribution in [2.75, 3.05) is 13.1 Å². The molecule has 1 aromatic carbocycles. The minimum absolute atomic E-state index is 0.00873. The number of sulfonamides is 1. The van der Waals surface area contributed by atoms with Crippen molar-refractivity contribution in [1.29, 1.82) is 0 Å². The smallest absolute Gasteiger partial charge is 0.243 e. The summed E-state index contributed by atoms with van der Waals surface area (Å²) < 4.78 is 41.9. The minimum atomic E-state index is -3.63. The minimum Gasteiger partial charge on any atom is -0.316 e. The van der Waals surface area contributed by atoms with Crippen LogP contribution in [0.4, 0.5) is 4.39 Å². The molecule has 130 valence electrons. The number of halogens is 1. The van der Waals surface area contributed by atoms with Crippen molar-refractivity contribution in [2.24, 2.45) is 7.05 Å². The van der Waals surface area contributed by atoms with Crippen molar-refractivity contribution < 1.29 is 12.8 Å². The molecule has 3 aromatic rings. The van der Waals surface area contributed by atoms with E-state index < -0.39 is 15.8 Å². The van der Waals surface area contributed by atoms with Crippen LogP contribution in [0.5, 0.6) is 0 Å². The van der Waals surface area contributed by atoms with Crippen molar-refractivity contribution in [3.05, 3.63) is 54.2 Å². The number of hydrogen-bond donors (Lipinski definition) is 0. The predicted octanol–water partition coefficient (Wildman–Crippen LogP) is 2.29. The Morgan fingerprint density at radius 2 is 1.96 bits per heavy atom. The molecule has 1 saturated heterocycles. The number of pyridine rings is 1. The number of aromatic nitrogens is 3. The van der Waals surface area contributed by atoms with E-state index in [2.05, 4.69) is 9.97 Å². The van der Waals surface area contributed by atoms with Gasteiger partial charge in [-0.15, -0.1) is 0 Å². The molecule has 0 N–H and O–H groups in total. The quantitative estimate of drug-likeness (QED) is 0.719. The Morgan fingerprint density at radius 3 is 2.68 bits per heavy atom. The largest absolute Gasteiger partial charge is 0.316 e. The maximum absolute atomic E-state index is 13.1. The molecule has 0 saturated carbocycles. The summed E-state index contributed by atoms with van der Waals surface area (Å²) >= 11 is 0. The lowest BCUT2D eigenvalue weighted by molar-refractivity contribution is 0.470. The van der Waals surface area contributed by atoms with Gasteiger partial charge in [0.15, 0.2) is 5.65 Å². The third kappa shape index (κ3) is 2.71. The molecule has 4 rings (SSSR count). The van der Waals surface area contributed by atoms with E-state index in [0.717, 1.165) is 29.1 Å². The monoisotopic (exact) mass is 360 g/mol. The Kier molecular flexibility index (Phi) is 3.81. The number of rotatable bonds is 3. The second kappa shape index (κ2) is 5.89. The number of hydrogen-bond acceptors (Lipinski definition) is 4. The first-order chi connectivity index (χ1) is 12.0. The molecule has 0 unspecified atom stereocenters. The summed E-state index contributed by atoms with van der Waals surface area (Å²) in [6, 6.07) is 8.66. The van der Waals surface area contributed by atoms with Crippen molar-refractivity contribution in [3.8, 4) is 0 Å². The van der Waals surface area contributed by atoms with Gasteiger partial charge in [-0.2, -0.15) is 4.31 Å². The Labute approximate surface area is 145 Å². The van der Waals surface area contributed by atoms with Crippen LogP contribution in [0.25, 0.3) is 11.2 Å². The number of aryl methyl sites for hydroxylation is 1. The van der Waals surface area contributed by atoms with Gasteiger partial charge in [-0.1, -0.05) is 0 Å². The van der Waals surface area contributed by atoms with Gasteiger partial charge in [0, 0.05) is 32.3 Å². The number of imidazole rings is 1. The van der Waals surface area contributed by atoms with E-state index in [1.54, 1.807) is 6.20 Å². The van der Waals surface area contributed by atoms with Crippen LogP contribution in [0.1, 0.15) is 18.2 Å². The predicted molar refractivity (Wildman–Crippen MR) is 91.0 cm³/mol. The molecule has 8 heteroatoms. The van der Waals surface area contributed by atoms with Crippen LogP contribution < -0.4 is 0 Å². The molecule has 0 radical (unpaired) electrons. The van der Waals surface area contributed by atoms with Crippen molar-refractivity contribution >= 4 is 21.2 Å². The summed E-state index contributed by atoms with van der Waals surface area (Å²) in [7, 11) is -1.73. The van der Waals surface area contributed by atoms with E-state index >= 15 is 0 Å². The highest BCUT2D eigenvalue weighted by Gasteiger charge is 2.35. The van der Waals surface area contributed by atoms with Crippen molar-refractivity contribution in [3.63, 3.8) is 0 Å². The Balaban J connectivity index is 1.62. The third-order valence-electron chi connectivity index (χ3n) is 4.63. The molecule has 3 heterocycles. The molecule has 0 spiro atoms. The van der Waals surface area contributed by atoms with Gasteiger partial charge in [0.1, 0.15) is 17.2 Å². The van der Waals surface area contributed by atoms with Gasteiger partial charge in [-0.3, -0.25) is 0 Å². The Hall–Kier alpha value is -2.32. The highest BCUT2D eigenvalue weighted by atomic mass is 32.2. The van der Waals surface area contributed by atoms with E-state index in [1.165, 1.54) is 16.4 Å². The zero-order valence-electron chi connectivity index (χ0n) is 13.6. The van der Waals surface area contributed by atoms with Crippen LogP contribution in [0.2, 0.25) is 0 Å². The first kappa shape index (κ1) is 16.2. The first-order valence-electron chi connectivity index (χ1n) is 8.00. The van der Waals surface area contributed by atoms with E-state index in [4.69, 9.17) is 0 Å². The molecule has 25 heavy (non-hydrogen) atoms. The molecule has 0 amide bonds. The fourth-order valence-corrected chi connectivity index (χ4v) is 4.82. The normalized spacial score (nSPS) is 18.9. The SMILES string of the molecule is Cn1c([C@H]2CCN(S(=O)(=O)c3ccc(F)cc3)C2)nc2cccnc21. The summed E-state index contributed by atoms with van der Waals surface area (Å²) in [5.74, 6) is 0.394. The molecule has 0 bridgehead atoms.